The maximum Gasteiger partial charge on any atom is 0.433 e. The number of hydrogen-bond acceptors (Lipinski definition) is 2. The minimum absolute atomic E-state index is 0.213. The molecule has 2 fully saturated rings. The predicted octanol–water partition coefficient (Wildman–Crippen LogP) is 3.43. The number of carbonyl (C=O) groups excluding carboxylic acids is 1. The number of likely N-dealkylation sites (tertiary alicyclic amines) is 1. The topological polar surface area (TPSA) is 33.2 Å². The van der Waals surface area contributed by atoms with E-state index in [1.54, 1.807) is 4.90 Å². The second-order valence-corrected chi connectivity index (χ2v) is 5.43. The lowest BCUT2D eigenvalue weighted by molar-refractivity contribution is -0.141. The molecular weight excluding hydrogens is 281 g/mol. The Balaban J connectivity index is 1.67. The Hall–Kier alpha value is -1.85. The summed E-state index contributed by atoms with van der Waals surface area (Å²) in [7, 11) is 0. The molecule has 2 heterocycles. The van der Waals surface area contributed by atoms with E-state index < -0.39 is 11.9 Å². The number of allylic oxidation sites excluding steroid dienone is 1. The molecule has 0 unspecified atom stereocenters. The lowest BCUT2D eigenvalue weighted by atomic mass is 10.0. The number of halogens is 3. The third-order valence-electron chi connectivity index (χ3n) is 3.96. The lowest BCUT2D eigenvalue weighted by Crippen LogP contribution is -2.36. The fourth-order valence-corrected chi connectivity index (χ4v) is 2.62. The fourth-order valence-electron chi connectivity index (χ4n) is 2.62. The van der Waals surface area contributed by atoms with Gasteiger partial charge in [0.25, 0.3) is 5.91 Å². The molecule has 0 N–H and O–H groups in total. The van der Waals surface area contributed by atoms with E-state index in [1.165, 1.54) is 30.1 Å². The van der Waals surface area contributed by atoms with Gasteiger partial charge in [0.05, 0.1) is 5.56 Å². The van der Waals surface area contributed by atoms with Crippen molar-refractivity contribution >= 4 is 5.91 Å². The van der Waals surface area contributed by atoms with Gasteiger partial charge in [0, 0.05) is 19.3 Å². The van der Waals surface area contributed by atoms with Crippen LogP contribution in [0.5, 0.6) is 0 Å². The van der Waals surface area contributed by atoms with Crippen molar-refractivity contribution < 1.29 is 18.0 Å². The van der Waals surface area contributed by atoms with Gasteiger partial charge in [-0.2, -0.15) is 13.2 Å². The van der Waals surface area contributed by atoms with Crippen LogP contribution in [0.3, 0.4) is 0 Å². The van der Waals surface area contributed by atoms with Gasteiger partial charge in [-0.25, -0.2) is 0 Å². The molecule has 21 heavy (non-hydrogen) atoms. The first-order valence-corrected chi connectivity index (χ1v) is 6.97. The Morgan fingerprint density at radius 1 is 1.05 bits per heavy atom. The summed E-state index contributed by atoms with van der Waals surface area (Å²) in [4.78, 5) is 17.3. The predicted molar refractivity (Wildman–Crippen MR) is 70.6 cm³/mol. The van der Waals surface area contributed by atoms with Gasteiger partial charge < -0.3 is 4.90 Å². The number of pyridine rings is 1. The first-order chi connectivity index (χ1) is 9.95. The first kappa shape index (κ1) is 14.1. The molecule has 6 heteroatoms. The highest BCUT2D eigenvalue weighted by molar-refractivity contribution is 5.94. The quantitative estimate of drug-likeness (QED) is 0.744. The highest BCUT2D eigenvalue weighted by Crippen LogP contribution is 2.36. The number of hydrogen-bond donors (Lipinski definition) is 0. The Morgan fingerprint density at radius 2 is 1.67 bits per heavy atom. The number of carbonyl (C=O) groups is 1. The molecule has 1 saturated carbocycles. The number of nitrogens with zero attached hydrogens (tertiary/aromatic N) is 2. The first-order valence-electron chi connectivity index (χ1n) is 6.97. The Bertz CT molecular complexity index is 574. The normalized spacial score (nSPS) is 18.9. The molecule has 112 valence electrons. The van der Waals surface area contributed by atoms with E-state index in [2.05, 4.69) is 4.98 Å². The maximum absolute atomic E-state index is 12.4. The summed E-state index contributed by atoms with van der Waals surface area (Å²) in [5.41, 5.74) is 2.23. The molecule has 0 atom stereocenters. The minimum Gasteiger partial charge on any atom is -0.338 e. The average Bonchev–Trinajstić information content (AvgIpc) is 3.31. The molecule has 1 aliphatic heterocycles. The van der Waals surface area contributed by atoms with E-state index in [0.29, 0.717) is 13.1 Å². The van der Waals surface area contributed by atoms with Crippen LogP contribution in [0.1, 0.15) is 41.7 Å². The van der Waals surface area contributed by atoms with Gasteiger partial charge in [-0.1, -0.05) is 11.1 Å². The second-order valence-electron chi connectivity index (χ2n) is 5.43. The molecule has 0 spiro atoms. The molecule has 3 nitrogen and oxygen atoms in total. The van der Waals surface area contributed by atoms with Gasteiger partial charge >= 0.3 is 6.18 Å². The van der Waals surface area contributed by atoms with Gasteiger partial charge in [0.1, 0.15) is 5.69 Å². The molecule has 0 radical (unpaired) electrons. The number of rotatable bonds is 1. The van der Waals surface area contributed by atoms with E-state index in [4.69, 9.17) is 0 Å². The van der Waals surface area contributed by atoms with Gasteiger partial charge in [-0.15, -0.1) is 0 Å². The molecule has 0 bridgehead atoms. The zero-order valence-electron chi connectivity index (χ0n) is 11.4. The average molecular weight is 296 g/mol. The van der Waals surface area contributed by atoms with Crippen LogP contribution >= 0.6 is 0 Å². The second kappa shape index (κ2) is 5.16. The van der Waals surface area contributed by atoms with Crippen LogP contribution in [-0.2, 0) is 6.18 Å². The van der Waals surface area contributed by atoms with E-state index >= 15 is 0 Å². The van der Waals surface area contributed by atoms with Crippen molar-refractivity contribution in [1.29, 1.82) is 0 Å². The zero-order valence-corrected chi connectivity index (χ0v) is 11.4. The van der Waals surface area contributed by atoms with Gasteiger partial charge in [-0.3, -0.25) is 9.78 Å². The van der Waals surface area contributed by atoms with Crippen LogP contribution in [0.2, 0.25) is 0 Å². The standard InChI is InChI=1S/C15H15F3N2O/c16-15(17,18)13-4-3-12(9-19-13)14(21)20-7-5-11(6-8-20)10-1-2-10/h3-4,9H,1-2,5-8H2. The number of alkyl halides is 3. The van der Waals surface area contributed by atoms with Gasteiger partial charge in [0.2, 0.25) is 0 Å². The molecule has 2 aliphatic rings. The number of piperidine rings is 1. The van der Waals surface area contributed by atoms with Crippen molar-refractivity contribution in [3.05, 3.63) is 40.7 Å². The smallest absolute Gasteiger partial charge is 0.338 e. The van der Waals surface area contributed by atoms with E-state index in [0.717, 1.165) is 25.1 Å². The largest absolute Gasteiger partial charge is 0.433 e. The lowest BCUT2D eigenvalue weighted by Gasteiger charge is -2.28. The van der Waals surface area contributed by atoms with Crippen LogP contribution < -0.4 is 0 Å². The van der Waals surface area contributed by atoms with Crippen molar-refractivity contribution in [2.75, 3.05) is 13.1 Å². The number of aromatic nitrogens is 1. The summed E-state index contributed by atoms with van der Waals surface area (Å²) in [5.74, 6) is -0.240. The molecule has 3 rings (SSSR count). The molecular formula is C15H15F3N2O. The highest BCUT2D eigenvalue weighted by atomic mass is 19.4. The summed E-state index contributed by atoms with van der Waals surface area (Å²) < 4.78 is 37.3. The Kier molecular flexibility index (Phi) is 3.47. The third kappa shape index (κ3) is 3.09. The van der Waals surface area contributed by atoms with E-state index in [-0.39, 0.29) is 11.5 Å². The van der Waals surface area contributed by atoms with Crippen LogP contribution in [-0.4, -0.2) is 28.9 Å². The highest BCUT2D eigenvalue weighted by Gasteiger charge is 2.32. The molecule has 1 aromatic rings. The monoisotopic (exact) mass is 296 g/mol. The van der Waals surface area contributed by atoms with Crippen molar-refractivity contribution in [2.24, 2.45) is 0 Å². The Labute approximate surface area is 120 Å². The van der Waals surface area contributed by atoms with Crippen LogP contribution in [0, 0.1) is 0 Å². The summed E-state index contributed by atoms with van der Waals surface area (Å²) >= 11 is 0. The SMILES string of the molecule is O=C(c1ccc(C(F)(F)F)nc1)N1CCC(=C2CC2)CC1. The zero-order chi connectivity index (χ0) is 15.0. The summed E-state index contributed by atoms with van der Waals surface area (Å²) in [5, 5.41) is 0. The van der Waals surface area contributed by atoms with Crippen LogP contribution in [0.25, 0.3) is 0 Å². The van der Waals surface area contributed by atoms with Crippen molar-refractivity contribution in [3.8, 4) is 0 Å². The van der Waals surface area contributed by atoms with Gasteiger partial charge in [0.15, 0.2) is 0 Å². The van der Waals surface area contributed by atoms with Gasteiger partial charge in [-0.05, 0) is 37.8 Å². The summed E-state index contributed by atoms with van der Waals surface area (Å²) in [6, 6.07) is 2.06. The number of amides is 1. The van der Waals surface area contributed by atoms with Crippen LogP contribution in [0.15, 0.2) is 29.5 Å². The fraction of sp³-hybridized carbons (Fsp3) is 0.467. The van der Waals surface area contributed by atoms with Crippen molar-refractivity contribution in [2.45, 2.75) is 31.9 Å². The maximum atomic E-state index is 12.4. The van der Waals surface area contributed by atoms with Crippen LogP contribution in [0.4, 0.5) is 13.2 Å². The third-order valence-corrected chi connectivity index (χ3v) is 3.96. The van der Waals surface area contributed by atoms with Crippen molar-refractivity contribution in [3.63, 3.8) is 0 Å². The molecule has 1 aromatic heterocycles. The summed E-state index contributed by atoms with van der Waals surface area (Å²) in [6.07, 6.45) is 0.681. The molecule has 1 saturated heterocycles. The van der Waals surface area contributed by atoms with E-state index in [9.17, 15) is 18.0 Å². The van der Waals surface area contributed by atoms with E-state index in [1.807, 2.05) is 0 Å². The molecule has 0 aromatic carbocycles. The molecule has 1 aliphatic carbocycles. The van der Waals surface area contributed by atoms with Crippen molar-refractivity contribution in [1.82, 2.24) is 9.88 Å². The minimum atomic E-state index is -4.47. The summed E-state index contributed by atoms with van der Waals surface area (Å²) in [6.45, 7) is 1.28. The Morgan fingerprint density at radius 3 is 2.14 bits per heavy atom. The molecule has 1 amide bonds.